The van der Waals surface area contributed by atoms with Gasteiger partial charge in [0, 0.05) is 7.05 Å². The van der Waals surface area contributed by atoms with Gasteiger partial charge >= 0.3 is 6.09 Å². The Hall–Kier alpha value is -0.740. The van der Waals surface area contributed by atoms with Gasteiger partial charge in [-0.25, -0.2) is 4.79 Å². The van der Waals surface area contributed by atoms with Gasteiger partial charge in [0.2, 0.25) is 0 Å². The number of hydrogen-bond acceptors (Lipinski definition) is 3. The first-order chi connectivity index (χ1) is 5.65. The van der Waals surface area contributed by atoms with Gasteiger partial charge < -0.3 is 4.74 Å². The van der Waals surface area contributed by atoms with E-state index in [2.05, 4.69) is 4.74 Å². The monoisotopic (exact) mass is 205 g/mol. The Kier molecular flexibility index (Phi) is 2.94. The zero-order chi connectivity index (χ0) is 9.14. The Morgan fingerprint density at radius 3 is 2.75 bits per heavy atom. The molecule has 1 aromatic rings. The van der Waals surface area contributed by atoms with Gasteiger partial charge in [-0.05, 0) is 12.1 Å². The standard InChI is InChI=1S/C7H8ClNO2S/c1-9(7(10)11-2)6-4-3-5(8)12-6/h3-4H,1-2H3. The third-order valence-electron chi connectivity index (χ3n) is 1.34. The summed E-state index contributed by atoms with van der Waals surface area (Å²) in [4.78, 5) is 12.4. The maximum absolute atomic E-state index is 11.0. The van der Waals surface area contributed by atoms with Crippen LogP contribution in [0.5, 0.6) is 0 Å². The Morgan fingerprint density at radius 2 is 2.33 bits per heavy atom. The molecule has 0 spiro atoms. The predicted octanol–water partition coefficient (Wildman–Crippen LogP) is 2.60. The molecule has 0 saturated heterocycles. The third-order valence-corrected chi connectivity index (χ3v) is 2.65. The highest BCUT2D eigenvalue weighted by Gasteiger charge is 2.11. The average molecular weight is 206 g/mol. The summed E-state index contributed by atoms with van der Waals surface area (Å²) in [5.41, 5.74) is 0. The summed E-state index contributed by atoms with van der Waals surface area (Å²) in [6, 6.07) is 3.50. The number of hydrogen-bond donors (Lipinski definition) is 0. The van der Waals surface area contributed by atoms with Crippen molar-refractivity contribution in [1.82, 2.24) is 0 Å². The SMILES string of the molecule is COC(=O)N(C)c1ccc(Cl)s1. The van der Waals surface area contributed by atoms with Gasteiger partial charge in [-0.1, -0.05) is 11.6 Å². The molecule has 5 heteroatoms. The van der Waals surface area contributed by atoms with Crippen molar-refractivity contribution in [2.75, 3.05) is 19.1 Å². The van der Waals surface area contributed by atoms with Gasteiger partial charge in [-0.3, -0.25) is 4.90 Å². The highest BCUT2D eigenvalue weighted by atomic mass is 35.5. The van der Waals surface area contributed by atoms with Crippen LogP contribution in [0.4, 0.5) is 9.80 Å². The number of thiophene rings is 1. The van der Waals surface area contributed by atoms with Crippen LogP contribution in [0, 0.1) is 0 Å². The molecule has 0 bridgehead atoms. The smallest absolute Gasteiger partial charge is 0.414 e. The molecule has 0 N–H and O–H groups in total. The molecule has 3 nitrogen and oxygen atoms in total. The largest absolute Gasteiger partial charge is 0.452 e. The van der Waals surface area contributed by atoms with Crippen LogP contribution < -0.4 is 4.90 Å². The van der Waals surface area contributed by atoms with Crippen LogP contribution in [0.15, 0.2) is 12.1 Å². The molecule has 0 aliphatic carbocycles. The van der Waals surface area contributed by atoms with E-state index in [-0.39, 0.29) is 0 Å². The van der Waals surface area contributed by atoms with E-state index in [1.54, 1.807) is 19.2 Å². The average Bonchev–Trinajstić information content (AvgIpc) is 2.49. The van der Waals surface area contributed by atoms with Crippen LogP contribution in [0.2, 0.25) is 4.34 Å². The molecule has 0 saturated carbocycles. The fraction of sp³-hybridized carbons (Fsp3) is 0.286. The van der Waals surface area contributed by atoms with Crippen LogP contribution in [0.25, 0.3) is 0 Å². The first-order valence-electron chi connectivity index (χ1n) is 3.22. The van der Waals surface area contributed by atoms with E-state index in [1.165, 1.54) is 23.3 Å². The van der Waals surface area contributed by atoms with Gasteiger partial charge in [0.05, 0.1) is 11.4 Å². The molecular weight excluding hydrogens is 198 g/mol. The number of carbonyl (C=O) groups excluding carboxylic acids is 1. The molecule has 0 unspecified atom stereocenters. The van der Waals surface area contributed by atoms with E-state index in [0.717, 1.165) is 5.00 Å². The van der Waals surface area contributed by atoms with Crippen LogP contribution in [-0.2, 0) is 4.74 Å². The van der Waals surface area contributed by atoms with Gasteiger partial charge in [0.15, 0.2) is 0 Å². The normalized spacial score (nSPS) is 9.58. The third kappa shape index (κ3) is 1.89. The fourth-order valence-corrected chi connectivity index (χ4v) is 1.70. The number of rotatable bonds is 1. The molecule has 12 heavy (non-hydrogen) atoms. The molecule has 1 amide bonds. The molecule has 0 radical (unpaired) electrons. The fourth-order valence-electron chi connectivity index (χ4n) is 0.712. The van der Waals surface area contributed by atoms with Crippen LogP contribution in [0.1, 0.15) is 0 Å². The summed E-state index contributed by atoms with van der Waals surface area (Å²) in [6.07, 6.45) is -0.395. The first kappa shape index (κ1) is 9.35. The van der Waals surface area contributed by atoms with E-state index in [0.29, 0.717) is 4.34 Å². The summed E-state index contributed by atoms with van der Waals surface area (Å²) in [5, 5.41) is 0.770. The summed E-state index contributed by atoms with van der Waals surface area (Å²) in [7, 11) is 2.97. The van der Waals surface area contributed by atoms with Crippen LogP contribution >= 0.6 is 22.9 Å². The lowest BCUT2D eigenvalue weighted by Crippen LogP contribution is -2.24. The van der Waals surface area contributed by atoms with E-state index < -0.39 is 6.09 Å². The highest BCUT2D eigenvalue weighted by Crippen LogP contribution is 2.28. The molecule has 1 rings (SSSR count). The Morgan fingerprint density at radius 1 is 1.67 bits per heavy atom. The van der Waals surface area contributed by atoms with Gasteiger partial charge in [-0.15, -0.1) is 11.3 Å². The van der Waals surface area contributed by atoms with E-state index >= 15 is 0 Å². The van der Waals surface area contributed by atoms with Crippen LogP contribution in [0.3, 0.4) is 0 Å². The van der Waals surface area contributed by atoms with E-state index in [9.17, 15) is 4.79 Å². The Labute approximate surface area is 79.5 Å². The van der Waals surface area contributed by atoms with Crippen molar-refractivity contribution in [3.8, 4) is 0 Å². The summed E-state index contributed by atoms with van der Waals surface area (Å²) < 4.78 is 5.18. The van der Waals surface area contributed by atoms with E-state index in [1.807, 2.05) is 0 Å². The van der Waals surface area contributed by atoms with Crippen molar-refractivity contribution in [2.24, 2.45) is 0 Å². The minimum Gasteiger partial charge on any atom is -0.452 e. The second-order valence-electron chi connectivity index (χ2n) is 2.11. The number of amides is 1. The first-order valence-corrected chi connectivity index (χ1v) is 4.41. The van der Waals surface area contributed by atoms with Crippen molar-refractivity contribution in [3.05, 3.63) is 16.5 Å². The Bertz CT molecular complexity index is 287. The lowest BCUT2D eigenvalue weighted by molar-refractivity contribution is 0.180. The molecule has 0 fully saturated rings. The van der Waals surface area contributed by atoms with Crippen molar-refractivity contribution in [3.63, 3.8) is 0 Å². The minimum absolute atomic E-state index is 0.395. The summed E-state index contributed by atoms with van der Waals surface area (Å²) in [5.74, 6) is 0. The zero-order valence-corrected chi connectivity index (χ0v) is 8.28. The molecule has 0 aromatic carbocycles. The number of halogens is 1. The second-order valence-corrected chi connectivity index (χ2v) is 3.80. The molecule has 66 valence electrons. The van der Waals surface area contributed by atoms with Gasteiger partial charge in [-0.2, -0.15) is 0 Å². The molecule has 0 aliphatic rings. The molecule has 0 atom stereocenters. The molecular formula is C7H8ClNO2S. The van der Waals surface area contributed by atoms with Crippen molar-refractivity contribution in [1.29, 1.82) is 0 Å². The van der Waals surface area contributed by atoms with Crippen LogP contribution in [-0.4, -0.2) is 20.3 Å². The second kappa shape index (κ2) is 3.78. The van der Waals surface area contributed by atoms with Gasteiger partial charge in [0.25, 0.3) is 0 Å². The number of ether oxygens (including phenoxy) is 1. The predicted molar refractivity (Wildman–Crippen MR) is 50.1 cm³/mol. The zero-order valence-electron chi connectivity index (χ0n) is 6.70. The lowest BCUT2D eigenvalue weighted by atomic mass is 10.6. The number of carbonyl (C=O) groups is 1. The maximum Gasteiger partial charge on any atom is 0.414 e. The van der Waals surface area contributed by atoms with Crippen molar-refractivity contribution < 1.29 is 9.53 Å². The van der Waals surface area contributed by atoms with Gasteiger partial charge in [0.1, 0.15) is 5.00 Å². The number of methoxy groups -OCH3 is 1. The Balaban J connectivity index is 2.77. The number of nitrogens with zero attached hydrogens (tertiary/aromatic N) is 1. The molecule has 0 aliphatic heterocycles. The quantitative estimate of drug-likeness (QED) is 0.706. The van der Waals surface area contributed by atoms with Crippen molar-refractivity contribution in [2.45, 2.75) is 0 Å². The van der Waals surface area contributed by atoms with Crippen molar-refractivity contribution >= 4 is 34.0 Å². The minimum atomic E-state index is -0.395. The molecule has 1 heterocycles. The maximum atomic E-state index is 11.0. The van der Waals surface area contributed by atoms with E-state index in [4.69, 9.17) is 11.6 Å². The molecule has 1 aromatic heterocycles. The highest BCUT2D eigenvalue weighted by molar-refractivity contribution is 7.20. The number of anilines is 1. The topological polar surface area (TPSA) is 29.5 Å². The summed E-state index contributed by atoms with van der Waals surface area (Å²) in [6.45, 7) is 0. The summed E-state index contributed by atoms with van der Waals surface area (Å²) >= 11 is 7.02. The lowest BCUT2D eigenvalue weighted by Gasteiger charge is -2.11.